The molecular formula is C23H43N5O7. The summed E-state index contributed by atoms with van der Waals surface area (Å²) in [7, 11) is 0. The summed E-state index contributed by atoms with van der Waals surface area (Å²) in [6.07, 6.45) is 6.65. The van der Waals surface area contributed by atoms with Gasteiger partial charge in [-0.05, 0) is 51.5 Å². The lowest BCUT2D eigenvalue weighted by Gasteiger charge is -2.15. The van der Waals surface area contributed by atoms with Crippen LogP contribution in [0.25, 0.3) is 0 Å². The third-order valence-electron chi connectivity index (χ3n) is 5.22. The average molecular weight is 502 g/mol. The number of aldehydes is 1. The molecule has 0 aromatic rings. The molecular weight excluding hydrogens is 458 g/mol. The van der Waals surface area contributed by atoms with E-state index in [1.807, 2.05) is 0 Å². The van der Waals surface area contributed by atoms with Crippen LogP contribution < -0.4 is 16.4 Å². The van der Waals surface area contributed by atoms with Crippen molar-refractivity contribution in [1.29, 1.82) is 0 Å². The van der Waals surface area contributed by atoms with Gasteiger partial charge in [-0.1, -0.05) is 6.42 Å². The highest BCUT2D eigenvalue weighted by Gasteiger charge is 2.14. The van der Waals surface area contributed by atoms with Crippen LogP contribution >= 0.6 is 0 Å². The van der Waals surface area contributed by atoms with E-state index in [0.717, 1.165) is 19.1 Å². The summed E-state index contributed by atoms with van der Waals surface area (Å²) in [5.74, 6) is -1.58. The molecule has 0 rings (SSSR count). The standard InChI is InChI=1S/C23H43N5O7/c24-14-4-1-7-17-27(34)22(32)12-10-20(30)25-15-5-2-8-18-28(35)23(33)13-11-21(31)26-16-6-3-9-19-29/h19,34-35H,1-18,24H2,(H,25,30)(H,26,31). The van der Waals surface area contributed by atoms with Crippen LogP contribution in [0.5, 0.6) is 0 Å². The highest BCUT2D eigenvalue weighted by Crippen LogP contribution is 2.03. The molecule has 0 radical (unpaired) electrons. The monoisotopic (exact) mass is 501 g/mol. The molecule has 12 nitrogen and oxygen atoms in total. The zero-order valence-electron chi connectivity index (χ0n) is 20.7. The largest absolute Gasteiger partial charge is 0.356 e. The van der Waals surface area contributed by atoms with E-state index in [1.54, 1.807) is 0 Å². The molecule has 0 fully saturated rings. The van der Waals surface area contributed by atoms with Gasteiger partial charge < -0.3 is 21.2 Å². The van der Waals surface area contributed by atoms with E-state index < -0.39 is 11.8 Å². The second kappa shape index (κ2) is 21.9. The molecule has 0 aliphatic carbocycles. The fraction of sp³-hybridized carbons (Fsp3) is 0.783. The zero-order valence-corrected chi connectivity index (χ0v) is 20.7. The van der Waals surface area contributed by atoms with Crippen molar-refractivity contribution in [3.63, 3.8) is 0 Å². The molecule has 35 heavy (non-hydrogen) atoms. The minimum atomic E-state index is -0.531. The lowest BCUT2D eigenvalue weighted by atomic mass is 10.2. The fourth-order valence-electron chi connectivity index (χ4n) is 3.08. The Morgan fingerprint density at radius 2 is 1.11 bits per heavy atom. The summed E-state index contributed by atoms with van der Waals surface area (Å²) in [4.78, 5) is 57.4. The molecule has 6 N–H and O–H groups in total. The lowest BCUT2D eigenvalue weighted by Crippen LogP contribution is -2.31. The highest BCUT2D eigenvalue weighted by atomic mass is 16.5. The molecule has 0 bridgehead atoms. The summed E-state index contributed by atoms with van der Waals surface area (Å²) >= 11 is 0. The molecule has 0 spiro atoms. The maximum Gasteiger partial charge on any atom is 0.246 e. The third kappa shape index (κ3) is 19.4. The second-order valence-corrected chi connectivity index (χ2v) is 8.31. The molecule has 0 aromatic heterocycles. The molecule has 12 heteroatoms. The summed E-state index contributed by atoms with van der Waals surface area (Å²) in [6, 6.07) is 0. The van der Waals surface area contributed by atoms with E-state index in [0.29, 0.717) is 74.7 Å². The van der Waals surface area contributed by atoms with Gasteiger partial charge in [0.1, 0.15) is 6.29 Å². The summed E-state index contributed by atoms with van der Waals surface area (Å²) in [6.45, 7) is 1.78. The number of unbranched alkanes of at least 4 members (excludes halogenated alkanes) is 6. The van der Waals surface area contributed by atoms with E-state index in [4.69, 9.17) is 5.73 Å². The van der Waals surface area contributed by atoms with Crippen LogP contribution in [0.2, 0.25) is 0 Å². The fourth-order valence-corrected chi connectivity index (χ4v) is 3.08. The SMILES string of the molecule is NCCCCCN(O)C(=O)CCC(=O)NCCCCCN(O)C(=O)CCC(=O)NCCCCC=O. The lowest BCUT2D eigenvalue weighted by molar-refractivity contribution is -0.166. The van der Waals surface area contributed by atoms with Crippen molar-refractivity contribution in [1.82, 2.24) is 20.8 Å². The molecule has 0 atom stereocenters. The first-order valence-electron chi connectivity index (χ1n) is 12.5. The van der Waals surface area contributed by atoms with Crippen molar-refractivity contribution < 1.29 is 34.4 Å². The van der Waals surface area contributed by atoms with E-state index in [-0.39, 0.29) is 50.6 Å². The number of rotatable bonds is 22. The van der Waals surface area contributed by atoms with Gasteiger partial charge in [-0.3, -0.25) is 29.6 Å². The first-order valence-corrected chi connectivity index (χ1v) is 12.5. The Morgan fingerprint density at radius 3 is 1.57 bits per heavy atom. The summed E-state index contributed by atoms with van der Waals surface area (Å²) in [5, 5.41) is 26.1. The quantitative estimate of drug-likeness (QED) is 0.0627. The normalized spacial score (nSPS) is 10.5. The zero-order chi connectivity index (χ0) is 26.3. The predicted molar refractivity (Wildman–Crippen MR) is 128 cm³/mol. The maximum absolute atomic E-state index is 11.9. The van der Waals surface area contributed by atoms with Crippen molar-refractivity contribution in [2.75, 3.05) is 32.7 Å². The second-order valence-electron chi connectivity index (χ2n) is 8.31. The number of nitrogens with one attached hydrogen (secondary N) is 2. The number of carbonyl (C=O) groups is 5. The first kappa shape index (κ1) is 32.4. The third-order valence-corrected chi connectivity index (χ3v) is 5.22. The predicted octanol–water partition coefficient (Wildman–Crippen LogP) is 0.883. The van der Waals surface area contributed by atoms with Crippen molar-refractivity contribution in [2.24, 2.45) is 5.73 Å². The number of amides is 4. The number of carbonyl (C=O) groups excluding carboxylic acids is 5. The molecule has 0 aliphatic rings. The Kier molecular flexibility index (Phi) is 20.3. The Hall–Kier alpha value is -2.57. The van der Waals surface area contributed by atoms with Gasteiger partial charge in [-0.15, -0.1) is 0 Å². The Labute approximate surface area is 207 Å². The molecule has 4 amide bonds. The van der Waals surface area contributed by atoms with Crippen LogP contribution in [-0.4, -0.2) is 83.2 Å². The first-order chi connectivity index (χ1) is 16.8. The Morgan fingerprint density at radius 1 is 0.657 bits per heavy atom. The molecule has 0 saturated heterocycles. The summed E-state index contributed by atoms with van der Waals surface area (Å²) in [5.41, 5.74) is 5.39. The molecule has 0 aromatic carbocycles. The van der Waals surface area contributed by atoms with E-state index in [1.165, 1.54) is 0 Å². The highest BCUT2D eigenvalue weighted by molar-refractivity contribution is 5.83. The van der Waals surface area contributed by atoms with Gasteiger partial charge in [0, 0.05) is 58.3 Å². The van der Waals surface area contributed by atoms with E-state index >= 15 is 0 Å². The van der Waals surface area contributed by atoms with Gasteiger partial charge in [-0.25, -0.2) is 10.1 Å². The van der Waals surface area contributed by atoms with Crippen LogP contribution in [0, 0.1) is 0 Å². The van der Waals surface area contributed by atoms with Crippen molar-refractivity contribution in [3.05, 3.63) is 0 Å². The number of nitrogens with two attached hydrogens (primary N) is 1. The van der Waals surface area contributed by atoms with Crippen LogP contribution in [-0.2, 0) is 24.0 Å². The number of hydroxylamine groups is 4. The van der Waals surface area contributed by atoms with Crippen molar-refractivity contribution >= 4 is 29.9 Å². The average Bonchev–Trinajstić information content (AvgIpc) is 2.85. The minimum Gasteiger partial charge on any atom is -0.356 e. The van der Waals surface area contributed by atoms with Crippen LogP contribution in [0.15, 0.2) is 0 Å². The molecule has 0 heterocycles. The molecule has 0 saturated carbocycles. The number of nitrogens with zero attached hydrogens (tertiary/aromatic N) is 2. The van der Waals surface area contributed by atoms with E-state index in [9.17, 15) is 34.4 Å². The van der Waals surface area contributed by atoms with Gasteiger partial charge >= 0.3 is 0 Å². The maximum atomic E-state index is 11.9. The number of hydrogen-bond acceptors (Lipinski definition) is 8. The number of hydrogen-bond donors (Lipinski definition) is 5. The van der Waals surface area contributed by atoms with Crippen molar-refractivity contribution in [2.45, 2.75) is 83.5 Å². The topological polar surface area (TPSA) is 182 Å². The molecule has 202 valence electrons. The van der Waals surface area contributed by atoms with Gasteiger partial charge in [0.25, 0.3) is 0 Å². The van der Waals surface area contributed by atoms with Gasteiger partial charge in [0.2, 0.25) is 23.6 Å². The van der Waals surface area contributed by atoms with Crippen LogP contribution in [0.3, 0.4) is 0 Å². The smallest absolute Gasteiger partial charge is 0.246 e. The van der Waals surface area contributed by atoms with Gasteiger partial charge in [0.05, 0.1) is 0 Å². The Balaban J connectivity index is 3.74. The van der Waals surface area contributed by atoms with Crippen LogP contribution in [0.1, 0.15) is 83.5 Å². The van der Waals surface area contributed by atoms with Crippen LogP contribution in [0.4, 0.5) is 0 Å². The molecule has 0 aliphatic heterocycles. The van der Waals surface area contributed by atoms with Gasteiger partial charge in [-0.2, -0.15) is 0 Å². The minimum absolute atomic E-state index is 0.00999. The van der Waals surface area contributed by atoms with Gasteiger partial charge in [0.15, 0.2) is 0 Å². The summed E-state index contributed by atoms with van der Waals surface area (Å²) < 4.78 is 0. The van der Waals surface area contributed by atoms with Crippen molar-refractivity contribution in [3.8, 4) is 0 Å². The Bertz CT molecular complexity index is 633. The molecule has 0 unspecified atom stereocenters. The van der Waals surface area contributed by atoms with E-state index in [2.05, 4.69) is 10.6 Å².